The second kappa shape index (κ2) is 8.22. The van der Waals surface area contributed by atoms with Crippen LogP contribution >= 0.6 is 11.8 Å². The minimum Gasteiger partial charge on any atom is -0.444 e. The molecule has 2 fully saturated rings. The van der Waals surface area contributed by atoms with Gasteiger partial charge in [-0.1, -0.05) is 12.1 Å². The first-order chi connectivity index (χ1) is 12.3. The number of likely N-dealkylation sites (tertiary alicyclic amines) is 1. The first-order valence-corrected chi connectivity index (χ1v) is 10.8. The molecule has 5 heteroatoms. The molecule has 0 radical (unpaired) electrons. The van der Waals surface area contributed by atoms with E-state index in [0.717, 1.165) is 37.3 Å². The molecule has 0 aromatic heterocycles. The van der Waals surface area contributed by atoms with Crippen molar-refractivity contribution in [1.82, 2.24) is 4.90 Å². The molecule has 2 unspecified atom stereocenters. The van der Waals surface area contributed by atoms with Crippen molar-refractivity contribution < 1.29 is 9.53 Å². The molecule has 3 rings (SSSR count). The van der Waals surface area contributed by atoms with Crippen LogP contribution in [0.3, 0.4) is 0 Å². The van der Waals surface area contributed by atoms with E-state index in [9.17, 15) is 4.79 Å². The summed E-state index contributed by atoms with van der Waals surface area (Å²) in [6, 6.07) is 8.42. The van der Waals surface area contributed by atoms with Crippen LogP contribution in [0.2, 0.25) is 0 Å². The first kappa shape index (κ1) is 19.6. The number of rotatable bonds is 5. The highest BCUT2D eigenvalue weighted by Crippen LogP contribution is 2.35. The van der Waals surface area contributed by atoms with Crippen LogP contribution in [0.1, 0.15) is 64.5 Å². The maximum absolute atomic E-state index is 12.6. The van der Waals surface area contributed by atoms with Gasteiger partial charge in [0.1, 0.15) is 5.60 Å². The quantitative estimate of drug-likeness (QED) is 0.737. The van der Waals surface area contributed by atoms with Crippen molar-refractivity contribution in [1.29, 1.82) is 0 Å². The molecule has 4 nitrogen and oxygen atoms in total. The van der Waals surface area contributed by atoms with Gasteiger partial charge in [0.05, 0.1) is 12.1 Å². The van der Waals surface area contributed by atoms with Gasteiger partial charge in [0.15, 0.2) is 0 Å². The van der Waals surface area contributed by atoms with Crippen LogP contribution in [0.25, 0.3) is 0 Å². The Labute approximate surface area is 161 Å². The number of carbonyl (C=O) groups excluding carboxylic acids is 1. The Bertz CT molecular complexity index is 607. The van der Waals surface area contributed by atoms with E-state index < -0.39 is 5.60 Å². The zero-order chi connectivity index (χ0) is 18.7. The van der Waals surface area contributed by atoms with Gasteiger partial charge in [-0.15, -0.1) is 11.8 Å². The predicted molar refractivity (Wildman–Crippen MR) is 107 cm³/mol. The average molecular weight is 377 g/mol. The smallest absolute Gasteiger partial charge is 0.410 e. The van der Waals surface area contributed by atoms with Crippen molar-refractivity contribution in [2.45, 2.75) is 75.5 Å². The molecule has 2 atom stereocenters. The van der Waals surface area contributed by atoms with E-state index in [4.69, 9.17) is 10.5 Å². The number of thioether (sulfide) groups is 1. The highest BCUT2D eigenvalue weighted by Gasteiger charge is 2.34. The summed E-state index contributed by atoms with van der Waals surface area (Å²) >= 11 is 1.93. The van der Waals surface area contributed by atoms with E-state index >= 15 is 0 Å². The normalized spacial score (nSPS) is 22.2. The van der Waals surface area contributed by atoms with Gasteiger partial charge in [0, 0.05) is 17.2 Å². The van der Waals surface area contributed by atoms with E-state index in [0.29, 0.717) is 0 Å². The molecule has 2 N–H and O–H groups in total. The summed E-state index contributed by atoms with van der Waals surface area (Å²) in [5, 5.41) is 0. The SMILES string of the molecule is CC(C)(C)OC(=O)N1CCCCC1C(N)c1ccc(SCC2CC2)cc1. The summed E-state index contributed by atoms with van der Waals surface area (Å²) in [6.45, 7) is 6.44. The third kappa shape index (κ3) is 5.40. The minimum absolute atomic E-state index is 0.00330. The summed E-state index contributed by atoms with van der Waals surface area (Å²) in [5.74, 6) is 2.15. The van der Waals surface area contributed by atoms with Gasteiger partial charge < -0.3 is 15.4 Å². The Morgan fingerprint density at radius 2 is 1.92 bits per heavy atom. The number of hydrogen-bond donors (Lipinski definition) is 1. The Balaban J connectivity index is 1.65. The lowest BCUT2D eigenvalue weighted by atomic mass is 9.92. The van der Waals surface area contributed by atoms with Crippen LogP contribution in [0, 0.1) is 5.92 Å². The topological polar surface area (TPSA) is 55.6 Å². The predicted octanol–water partition coefficient (Wildman–Crippen LogP) is 4.98. The van der Waals surface area contributed by atoms with E-state index in [1.165, 1.54) is 23.5 Å². The lowest BCUT2D eigenvalue weighted by molar-refractivity contribution is 0.00648. The maximum Gasteiger partial charge on any atom is 0.410 e. The third-order valence-corrected chi connectivity index (χ3v) is 6.28. The van der Waals surface area contributed by atoms with Gasteiger partial charge in [-0.2, -0.15) is 0 Å². The Morgan fingerprint density at radius 1 is 1.23 bits per heavy atom. The van der Waals surface area contributed by atoms with Gasteiger partial charge in [-0.3, -0.25) is 0 Å². The summed E-state index contributed by atoms with van der Waals surface area (Å²) in [5.41, 5.74) is 7.20. The van der Waals surface area contributed by atoms with Crippen LogP contribution in [-0.2, 0) is 4.74 Å². The molecule has 26 heavy (non-hydrogen) atoms. The van der Waals surface area contributed by atoms with Crippen LogP contribution in [-0.4, -0.2) is 34.9 Å². The number of carbonyl (C=O) groups is 1. The molecule has 1 saturated heterocycles. The van der Waals surface area contributed by atoms with Crippen molar-refractivity contribution in [2.75, 3.05) is 12.3 Å². The molecule has 1 aliphatic heterocycles. The van der Waals surface area contributed by atoms with Gasteiger partial charge >= 0.3 is 6.09 Å². The molecular formula is C21H32N2O2S. The van der Waals surface area contributed by atoms with Crippen LogP contribution in [0.4, 0.5) is 4.79 Å². The lowest BCUT2D eigenvalue weighted by Crippen LogP contribution is -2.50. The molecule has 0 spiro atoms. The standard InChI is InChI=1S/C21H32N2O2S/c1-21(2,3)25-20(24)23-13-5-4-6-18(23)19(22)16-9-11-17(12-10-16)26-14-15-7-8-15/h9-12,15,18-19H,4-8,13-14,22H2,1-3H3. The Kier molecular flexibility index (Phi) is 6.18. The van der Waals surface area contributed by atoms with Gasteiger partial charge in [-0.05, 0) is 76.5 Å². The molecule has 2 aliphatic rings. The highest BCUT2D eigenvalue weighted by atomic mass is 32.2. The number of piperidine rings is 1. The van der Waals surface area contributed by atoms with E-state index in [2.05, 4.69) is 24.3 Å². The first-order valence-electron chi connectivity index (χ1n) is 9.81. The number of nitrogens with zero attached hydrogens (tertiary/aromatic N) is 1. The fraction of sp³-hybridized carbons (Fsp3) is 0.667. The van der Waals surface area contributed by atoms with Gasteiger partial charge in [0.25, 0.3) is 0 Å². The van der Waals surface area contributed by atoms with E-state index in [1.807, 2.05) is 37.4 Å². The molecular weight excluding hydrogens is 344 g/mol. The summed E-state index contributed by atoms with van der Waals surface area (Å²) in [6.07, 6.45) is 5.58. The van der Waals surface area contributed by atoms with Crippen LogP contribution in [0.15, 0.2) is 29.2 Å². The van der Waals surface area contributed by atoms with Gasteiger partial charge in [0.2, 0.25) is 0 Å². The minimum atomic E-state index is -0.483. The van der Waals surface area contributed by atoms with Crippen molar-refractivity contribution in [2.24, 2.45) is 11.7 Å². The average Bonchev–Trinajstić information content (AvgIpc) is 3.43. The number of hydrogen-bond acceptors (Lipinski definition) is 4. The number of nitrogens with two attached hydrogens (primary N) is 1. The van der Waals surface area contributed by atoms with Crippen LogP contribution in [0.5, 0.6) is 0 Å². The zero-order valence-electron chi connectivity index (χ0n) is 16.2. The molecule has 1 aromatic carbocycles. The Morgan fingerprint density at radius 3 is 2.54 bits per heavy atom. The largest absolute Gasteiger partial charge is 0.444 e. The van der Waals surface area contributed by atoms with Crippen LogP contribution < -0.4 is 5.73 Å². The fourth-order valence-electron chi connectivity index (χ4n) is 3.38. The molecule has 1 heterocycles. The van der Waals surface area contributed by atoms with E-state index in [-0.39, 0.29) is 18.2 Å². The van der Waals surface area contributed by atoms with E-state index in [1.54, 1.807) is 0 Å². The highest BCUT2D eigenvalue weighted by molar-refractivity contribution is 7.99. The zero-order valence-corrected chi connectivity index (χ0v) is 17.1. The third-order valence-electron chi connectivity index (χ3n) is 5.04. The molecule has 1 aromatic rings. The number of ether oxygens (including phenoxy) is 1. The maximum atomic E-state index is 12.6. The van der Waals surface area contributed by atoms with Crippen molar-refractivity contribution in [3.05, 3.63) is 29.8 Å². The second-order valence-electron chi connectivity index (χ2n) is 8.59. The number of benzene rings is 1. The number of amides is 1. The molecule has 144 valence electrons. The summed E-state index contributed by atoms with van der Waals surface area (Å²) < 4.78 is 5.60. The van der Waals surface area contributed by atoms with Gasteiger partial charge in [-0.25, -0.2) is 4.79 Å². The monoisotopic (exact) mass is 376 g/mol. The van der Waals surface area contributed by atoms with Crippen molar-refractivity contribution in [3.8, 4) is 0 Å². The van der Waals surface area contributed by atoms with Crippen molar-refractivity contribution in [3.63, 3.8) is 0 Å². The molecule has 1 aliphatic carbocycles. The fourth-order valence-corrected chi connectivity index (χ4v) is 4.47. The second-order valence-corrected chi connectivity index (χ2v) is 9.68. The Hall–Kier alpha value is -1.20. The molecule has 1 amide bonds. The lowest BCUT2D eigenvalue weighted by Gasteiger charge is -2.39. The van der Waals surface area contributed by atoms with Crippen molar-refractivity contribution >= 4 is 17.9 Å². The summed E-state index contributed by atoms with van der Waals surface area (Å²) in [7, 11) is 0. The summed E-state index contributed by atoms with van der Waals surface area (Å²) in [4.78, 5) is 15.8. The molecule has 0 bridgehead atoms. The molecule has 1 saturated carbocycles.